The van der Waals surface area contributed by atoms with Crippen LogP contribution in [-0.4, -0.2) is 57.6 Å². The first-order valence-electron chi connectivity index (χ1n) is 13.4. The third-order valence-electron chi connectivity index (χ3n) is 6.54. The summed E-state index contributed by atoms with van der Waals surface area (Å²) in [5.74, 6) is 0.184. The Labute approximate surface area is 238 Å². The van der Waals surface area contributed by atoms with Crippen LogP contribution < -0.4 is 14.4 Å². The maximum absolute atomic E-state index is 13.7. The number of hydrogen-bond acceptors (Lipinski definition) is 5. The Morgan fingerprint density at radius 2 is 1.62 bits per heavy atom. The smallest absolute Gasteiger partial charge is 0.242 e. The van der Waals surface area contributed by atoms with Crippen LogP contribution >= 0.6 is 0 Å². The highest BCUT2D eigenvalue weighted by Gasteiger charge is 2.30. The minimum Gasteiger partial charge on any atom is -0.494 e. The van der Waals surface area contributed by atoms with Crippen molar-refractivity contribution in [3.63, 3.8) is 0 Å². The molecule has 2 amide bonds. The van der Waals surface area contributed by atoms with Crippen molar-refractivity contribution in [2.75, 3.05) is 30.8 Å². The lowest BCUT2D eigenvalue weighted by molar-refractivity contribution is -0.141. The Balaban J connectivity index is 1.82. The van der Waals surface area contributed by atoms with Crippen molar-refractivity contribution >= 4 is 27.5 Å². The van der Waals surface area contributed by atoms with E-state index in [1.807, 2.05) is 68.4 Å². The molecule has 0 heterocycles. The van der Waals surface area contributed by atoms with E-state index in [9.17, 15) is 18.0 Å². The van der Waals surface area contributed by atoms with Gasteiger partial charge < -0.3 is 15.0 Å². The summed E-state index contributed by atoms with van der Waals surface area (Å²) in [7, 11) is -2.02. The van der Waals surface area contributed by atoms with Gasteiger partial charge in [0.25, 0.3) is 0 Å². The van der Waals surface area contributed by atoms with Crippen LogP contribution in [0.3, 0.4) is 0 Å². The maximum Gasteiger partial charge on any atom is 0.242 e. The molecule has 0 aliphatic heterocycles. The Hall–Kier alpha value is -3.85. The summed E-state index contributed by atoms with van der Waals surface area (Å²) in [4.78, 5) is 28.4. The van der Waals surface area contributed by atoms with E-state index >= 15 is 0 Å². The molecule has 8 nitrogen and oxygen atoms in total. The number of carbonyl (C=O) groups is 2. The van der Waals surface area contributed by atoms with E-state index in [0.717, 1.165) is 22.9 Å². The Morgan fingerprint density at radius 3 is 2.23 bits per heavy atom. The van der Waals surface area contributed by atoms with Crippen LogP contribution in [0.2, 0.25) is 0 Å². The van der Waals surface area contributed by atoms with Crippen LogP contribution in [0, 0.1) is 6.92 Å². The molecule has 0 unspecified atom stereocenters. The van der Waals surface area contributed by atoms with Gasteiger partial charge in [-0.25, -0.2) is 8.42 Å². The van der Waals surface area contributed by atoms with Crippen LogP contribution in [-0.2, 0) is 32.6 Å². The molecule has 0 bridgehead atoms. The Bertz CT molecular complexity index is 1360. The summed E-state index contributed by atoms with van der Waals surface area (Å²) >= 11 is 0. The topological polar surface area (TPSA) is 96.0 Å². The quantitative estimate of drug-likeness (QED) is 0.314. The largest absolute Gasteiger partial charge is 0.494 e. The summed E-state index contributed by atoms with van der Waals surface area (Å²) in [6.45, 7) is 4.76. The molecule has 0 spiro atoms. The zero-order valence-electron chi connectivity index (χ0n) is 23.7. The lowest BCUT2D eigenvalue weighted by atomic mass is 10.0. The Kier molecular flexibility index (Phi) is 11.1. The van der Waals surface area contributed by atoms with Gasteiger partial charge in [-0.15, -0.1) is 0 Å². The molecule has 0 radical (unpaired) electrons. The summed E-state index contributed by atoms with van der Waals surface area (Å²) in [5, 5.41) is 2.72. The maximum atomic E-state index is 13.7. The van der Waals surface area contributed by atoms with Crippen molar-refractivity contribution in [3.8, 4) is 5.75 Å². The zero-order chi connectivity index (χ0) is 29.1. The number of hydrogen-bond donors (Lipinski definition) is 1. The van der Waals surface area contributed by atoms with Crippen molar-refractivity contribution in [2.24, 2.45) is 0 Å². The molecule has 40 heavy (non-hydrogen) atoms. The average molecular weight is 566 g/mol. The van der Waals surface area contributed by atoms with E-state index in [2.05, 4.69) is 5.32 Å². The third kappa shape index (κ3) is 8.84. The van der Waals surface area contributed by atoms with E-state index in [1.165, 1.54) is 4.31 Å². The van der Waals surface area contributed by atoms with E-state index < -0.39 is 16.1 Å². The number of carbonyl (C=O) groups excluding carboxylic acids is 2. The monoisotopic (exact) mass is 565 g/mol. The molecule has 3 aromatic rings. The molecule has 3 aromatic carbocycles. The molecule has 3 rings (SSSR count). The second kappa shape index (κ2) is 14.5. The van der Waals surface area contributed by atoms with Gasteiger partial charge in [0.2, 0.25) is 21.8 Å². The van der Waals surface area contributed by atoms with E-state index in [1.54, 1.807) is 36.2 Å². The molecular weight excluding hydrogens is 526 g/mol. The molecule has 1 atom stereocenters. The SMILES string of the molecule is CCOc1ccc(N(CCCC(=O)N(Cc2cccc(C)c2)[C@H](Cc2ccccc2)C(=O)NC)S(C)(=O)=O)cc1. The molecule has 9 heteroatoms. The minimum atomic E-state index is -3.59. The van der Waals surface area contributed by atoms with E-state index in [-0.39, 0.29) is 37.7 Å². The highest BCUT2D eigenvalue weighted by molar-refractivity contribution is 7.92. The predicted molar refractivity (Wildman–Crippen MR) is 159 cm³/mol. The molecule has 1 N–H and O–H groups in total. The second-order valence-corrected chi connectivity index (χ2v) is 11.6. The Morgan fingerprint density at radius 1 is 0.950 bits per heavy atom. The number of nitrogens with one attached hydrogen (secondary N) is 1. The van der Waals surface area contributed by atoms with E-state index in [4.69, 9.17) is 4.74 Å². The van der Waals surface area contributed by atoms with Gasteiger partial charge in [0.05, 0.1) is 18.6 Å². The molecule has 0 aliphatic rings. The van der Waals surface area contributed by atoms with Crippen molar-refractivity contribution in [2.45, 2.75) is 45.7 Å². The molecule has 0 fully saturated rings. The summed E-state index contributed by atoms with van der Waals surface area (Å²) in [5.41, 5.74) is 3.42. The van der Waals surface area contributed by atoms with Gasteiger partial charge in [-0.1, -0.05) is 60.2 Å². The number of ether oxygens (including phenoxy) is 1. The standard InChI is InChI=1S/C31H39N3O5S/c1-5-39-28-18-16-27(17-19-28)34(40(4,37)38)20-10-15-30(35)33(23-26-14-9-11-24(2)21-26)29(31(36)32-3)22-25-12-7-6-8-13-25/h6-9,11-14,16-19,21,29H,5,10,15,20,22-23H2,1-4H3,(H,32,36)/t29-/m1/s1. The van der Waals surface area contributed by atoms with Crippen LogP contribution in [0.25, 0.3) is 0 Å². The number of likely N-dealkylation sites (N-methyl/N-ethyl adjacent to an activating group) is 1. The normalized spacial score (nSPS) is 11.9. The van der Waals surface area contributed by atoms with Crippen LogP contribution in [0.1, 0.15) is 36.5 Å². The van der Waals surface area contributed by atoms with Crippen molar-refractivity contribution in [1.82, 2.24) is 10.2 Å². The number of nitrogens with zero attached hydrogens (tertiary/aromatic N) is 2. The molecule has 0 saturated carbocycles. The lowest BCUT2D eigenvalue weighted by Crippen LogP contribution is -2.49. The zero-order valence-corrected chi connectivity index (χ0v) is 24.5. The average Bonchev–Trinajstić information content (AvgIpc) is 2.93. The number of sulfonamides is 1. The second-order valence-electron chi connectivity index (χ2n) is 9.70. The van der Waals surface area contributed by atoms with Crippen molar-refractivity contribution in [1.29, 1.82) is 0 Å². The van der Waals surface area contributed by atoms with Crippen molar-refractivity contribution in [3.05, 3.63) is 95.6 Å². The molecular formula is C31H39N3O5S. The fraction of sp³-hybridized carbons (Fsp3) is 0.355. The summed E-state index contributed by atoms with van der Waals surface area (Å²) in [6.07, 6.45) is 1.88. The van der Waals surface area contributed by atoms with Gasteiger partial charge in [-0.2, -0.15) is 0 Å². The van der Waals surface area contributed by atoms with Crippen LogP contribution in [0.15, 0.2) is 78.9 Å². The first-order chi connectivity index (χ1) is 19.1. The minimum absolute atomic E-state index is 0.0805. The number of benzene rings is 3. The van der Waals surface area contributed by atoms with Gasteiger partial charge in [0.15, 0.2) is 0 Å². The third-order valence-corrected chi connectivity index (χ3v) is 7.73. The van der Waals surface area contributed by atoms with Gasteiger partial charge in [0, 0.05) is 33.0 Å². The highest BCUT2D eigenvalue weighted by atomic mass is 32.2. The van der Waals surface area contributed by atoms with Gasteiger partial charge >= 0.3 is 0 Å². The number of aryl methyl sites for hydroxylation is 1. The van der Waals surface area contributed by atoms with Gasteiger partial charge in [-0.05, 0) is 55.7 Å². The predicted octanol–water partition coefficient (Wildman–Crippen LogP) is 4.33. The number of anilines is 1. The van der Waals surface area contributed by atoms with E-state index in [0.29, 0.717) is 24.5 Å². The molecule has 0 aliphatic carbocycles. The molecule has 0 aromatic heterocycles. The van der Waals surface area contributed by atoms with Crippen LogP contribution in [0.4, 0.5) is 5.69 Å². The lowest BCUT2D eigenvalue weighted by Gasteiger charge is -2.31. The fourth-order valence-electron chi connectivity index (χ4n) is 4.61. The van der Waals surface area contributed by atoms with Crippen molar-refractivity contribution < 1.29 is 22.7 Å². The number of amides is 2. The first kappa shape index (κ1) is 30.7. The fourth-order valence-corrected chi connectivity index (χ4v) is 5.57. The molecule has 0 saturated heterocycles. The van der Waals surface area contributed by atoms with Gasteiger partial charge in [-0.3, -0.25) is 13.9 Å². The summed E-state index contributed by atoms with van der Waals surface area (Å²) in [6, 6.07) is 23.6. The summed E-state index contributed by atoms with van der Waals surface area (Å²) < 4.78 is 32.0. The number of rotatable bonds is 14. The first-order valence-corrected chi connectivity index (χ1v) is 15.3. The van der Waals surface area contributed by atoms with Gasteiger partial charge in [0.1, 0.15) is 11.8 Å². The highest BCUT2D eigenvalue weighted by Crippen LogP contribution is 2.23. The molecule has 214 valence electrons. The van der Waals surface area contributed by atoms with Crippen LogP contribution in [0.5, 0.6) is 5.75 Å².